The van der Waals surface area contributed by atoms with Crippen LogP contribution >= 0.6 is 0 Å². The number of carbonyl (C=O) groups is 1. The first-order valence-corrected chi connectivity index (χ1v) is 4.91. The van der Waals surface area contributed by atoms with E-state index in [0.717, 1.165) is 0 Å². The Bertz CT molecular complexity index is 278. The molecule has 1 heterocycles. The maximum Gasteiger partial charge on any atom is 0.339 e. The molecule has 1 rings (SSSR count). The molecule has 0 unspecified atom stereocenters. The molecule has 86 valence electrons. The molecule has 0 aliphatic carbocycles. The number of hydrogen-bond donors (Lipinski definition) is 1. The molecule has 2 N–H and O–H groups in total. The van der Waals surface area contributed by atoms with Gasteiger partial charge in [-0.05, 0) is 13.8 Å². The number of rotatable bonds is 4. The average Bonchev–Trinajstić information content (AvgIpc) is 2.47. The van der Waals surface area contributed by atoms with Gasteiger partial charge in [-0.3, -0.25) is 4.84 Å². The molecule has 15 heavy (non-hydrogen) atoms. The smallest absolute Gasteiger partial charge is 0.339 e. The standard InChI is InChI=1S/C9H17N3O3/c1-4-14-9(13)7-6-11(3)12(8(7)10)15-5-2/h4-6,10H2,1-3H3. The Labute approximate surface area is 89.1 Å². The Hall–Kier alpha value is -1.27. The summed E-state index contributed by atoms with van der Waals surface area (Å²) in [5, 5.41) is 3.12. The molecule has 1 aliphatic rings. The van der Waals surface area contributed by atoms with Crippen molar-refractivity contribution in [3.8, 4) is 0 Å². The highest BCUT2D eigenvalue weighted by Crippen LogP contribution is 2.19. The van der Waals surface area contributed by atoms with Crippen molar-refractivity contribution in [3.05, 3.63) is 11.4 Å². The zero-order valence-electron chi connectivity index (χ0n) is 9.32. The fraction of sp³-hybridized carbons (Fsp3) is 0.667. The minimum absolute atomic E-state index is 0.304. The highest BCUT2D eigenvalue weighted by molar-refractivity contribution is 5.90. The van der Waals surface area contributed by atoms with E-state index in [1.807, 2.05) is 6.92 Å². The third kappa shape index (κ3) is 2.40. The van der Waals surface area contributed by atoms with Gasteiger partial charge in [-0.25, -0.2) is 4.79 Å². The second-order valence-electron chi connectivity index (χ2n) is 3.09. The first-order chi connectivity index (χ1) is 7.11. The van der Waals surface area contributed by atoms with Crippen LogP contribution in [0, 0.1) is 0 Å². The van der Waals surface area contributed by atoms with Crippen LogP contribution in [-0.4, -0.2) is 43.0 Å². The second-order valence-corrected chi connectivity index (χ2v) is 3.09. The zero-order valence-corrected chi connectivity index (χ0v) is 9.32. The lowest BCUT2D eigenvalue weighted by Crippen LogP contribution is -2.36. The van der Waals surface area contributed by atoms with Crippen LogP contribution in [0.5, 0.6) is 0 Å². The van der Waals surface area contributed by atoms with Crippen LogP contribution in [0.4, 0.5) is 0 Å². The molecule has 0 atom stereocenters. The monoisotopic (exact) mass is 215 g/mol. The van der Waals surface area contributed by atoms with Crippen molar-refractivity contribution < 1.29 is 14.4 Å². The van der Waals surface area contributed by atoms with Gasteiger partial charge in [0.15, 0.2) is 5.82 Å². The summed E-state index contributed by atoms with van der Waals surface area (Å²) in [6.07, 6.45) is 0. The van der Waals surface area contributed by atoms with E-state index >= 15 is 0 Å². The number of hydrogen-bond acceptors (Lipinski definition) is 6. The molecule has 0 saturated heterocycles. The van der Waals surface area contributed by atoms with Crippen LogP contribution in [0.3, 0.4) is 0 Å². The van der Waals surface area contributed by atoms with Gasteiger partial charge in [0, 0.05) is 7.05 Å². The van der Waals surface area contributed by atoms with Gasteiger partial charge in [-0.15, -0.1) is 0 Å². The van der Waals surface area contributed by atoms with Gasteiger partial charge in [0.25, 0.3) is 0 Å². The van der Waals surface area contributed by atoms with Gasteiger partial charge in [-0.1, -0.05) is 0 Å². The summed E-state index contributed by atoms with van der Waals surface area (Å²) < 4.78 is 4.89. The normalized spacial score (nSPS) is 17.4. The van der Waals surface area contributed by atoms with Crippen LogP contribution in [-0.2, 0) is 14.4 Å². The summed E-state index contributed by atoms with van der Waals surface area (Å²) in [5.41, 5.74) is 6.21. The highest BCUT2D eigenvalue weighted by Gasteiger charge is 2.31. The molecule has 0 aromatic rings. The number of hydrazine groups is 1. The quantitative estimate of drug-likeness (QED) is 0.657. The molecule has 6 heteroatoms. The third-order valence-electron chi connectivity index (χ3n) is 1.99. The largest absolute Gasteiger partial charge is 0.462 e. The van der Waals surface area contributed by atoms with E-state index in [2.05, 4.69) is 0 Å². The molecule has 0 aromatic heterocycles. The van der Waals surface area contributed by atoms with E-state index < -0.39 is 0 Å². The molecule has 0 fully saturated rings. The van der Waals surface area contributed by atoms with Gasteiger partial charge in [-0.2, -0.15) is 10.2 Å². The van der Waals surface area contributed by atoms with E-state index in [-0.39, 0.29) is 5.97 Å². The van der Waals surface area contributed by atoms with Gasteiger partial charge in [0.1, 0.15) is 0 Å². The van der Waals surface area contributed by atoms with Gasteiger partial charge in [0.05, 0.1) is 25.3 Å². The zero-order chi connectivity index (χ0) is 11.4. The Kier molecular flexibility index (Phi) is 3.93. The summed E-state index contributed by atoms with van der Waals surface area (Å²) in [7, 11) is 1.79. The maximum atomic E-state index is 11.5. The van der Waals surface area contributed by atoms with Crippen LogP contribution in [0.1, 0.15) is 13.8 Å². The number of likely N-dealkylation sites (N-methyl/N-ethyl adjacent to an activating group) is 1. The molecular weight excluding hydrogens is 198 g/mol. The van der Waals surface area contributed by atoms with Crippen molar-refractivity contribution in [2.75, 3.05) is 26.8 Å². The lowest BCUT2D eigenvalue weighted by Gasteiger charge is -2.24. The van der Waals surface area contributed by atoms with Crippen molar-refractivity contribution >= 4 is 5.97 Å². The second kappa shape index (κ2) is 4.99. The first kappa shape index (κ1) is 11.8. The van der Waals surface area contributed by atoms with Crippen LogP contribution in [0.25, 0.3) is 0 Å². The van der Waals surface area contributed by atoms with Crippen molar-refractivity contribution in [3.63, 3.8) is 0 Å². The molecule has 1 aliphatic heterocycles. The predicted octanol–water partition coefficient (Wildman–Crippen LogP) is -0.166. The number of ether oxygens (including phenoxy) is 1. The molecule has 0 aromatic carbocycles. The lowest BCUT2D eigenvalue weighted by atomic mass is 10.3. The number of esters is 1. The van der Waals surface area contributed by atoms with E-state index in [9.17, 15) is 4.79 Å². The molecule has 0 spiro atoms. The van der Waals surface area contributed by atoms with Crippen molar-refractivity contribution in [1.29, 1.82) is 0 Å². The maximum absolute atomic E-state index is 11.5. The van der Waals surface area contributed by atoms with E-state index in [1.54, 1.807) is 19.0 Å². The van der Waals surface area contributed by atoms with Crippen LogP contribution < -0.4 is 5.73 Å². The van der Waals surface area contributed by atoms with E-state index in [0.29, 0.717) is 31.2 Å². The summed E-state index contributed by atoms with van der Waals surface area (Å²) in [5.74, 6) is -0.0816. The summed E-state index contributed by atoms with van der Waals surface area (Å²) in [6, 6.07) is 0. The molecule has 0 saturated carbocycles. The van der Waals surface area contributed by atoms with Gasteiger partial charge in [0.2, 0.25) is 0 Å². The number of nitrogens with zero attached hydrogens (tertiary/aromatic N) is 2. The van der Waals surface area contributed by atoms with Crippen LogP contribution in [0.2, 0.25) is 0 Å². The Balaban J connectivity index is 2.76. The molecule has 6 nitrogen and oxygen atoms in total. The lowest BCUT2D eigenvalue weighted by molar-refractivity contribution is -0.235. The first-order valence-electron chi connectivity index (χ1n) is 4.91. The third-order valence-corrected chi connectivity index (χ3v) is 1.99. The van der Waals surface area contributed by atoms with Gasteiger partial charge < -0.3 is 10.5 Å². The summed E-state index contributed by atoms with van der Waals surface area (Å²) >= 11 is 0. The number of carbonyl (C=O) groups excluding carboxylic acids is 1. The Morgan fingerprint density at radius 2 is 2.13 bits per heavy atom. The summed E-state index contributed by atoms with van der Waals surface area (Å²) in [4.78, 5) is 16.7. The molecule has 0 radical (unpaired) electrons. The fourth-order valence-electron chi connectivity index (χ4n) is 1.35. The SMILES string of the molecule is CCOC(=O)C1=C(N)N(OCC)N(C)C1. The fourth-order valence-corrected chi connectivity index (χ4v) is 1.35. The average molecular weight is 215 g/mol. The van der Waals surface area contributed by atoms with E-state index in [1.165, 1.54) is 5.17 Å². The van der Waals surface area contributed by atoms with Crippen LogP contribution in [0.15, 0.2) is 11.4 Å². The van der Waals surface area contributed by atoms with E-state index in [4.69, 9.17) is 15.3 Å². The molecular formula is C9H17N3O3. The van der Waals surface area contributed by atoms with Gasteiger partial charge >= 0.3 is 5.97 Å². The molecule has 0 amide bonds. The number of hydroxylamine groups is 1. The van der Waals surface area contributed by atoms with Crippen molar-refractivity contribution in [2.24, 2.45) is 5.73 Å². The molecule has 0 bridgehead atoms. The summed E-state index contributed by atoms with van der Waals surface area (Å²) in [6.45, 7) is 4.84. The topological polar surface area (TPSA) is 68.0 Å². The minimum Gasteiger partial charge on any atom is -0.462 e. The highest BCUT2D eigenvalue weighted by atomic mass is 16.7. The predicted molar refractivity (Wildman–Crippen MR) is 53.9 cm³/mol. The minimum atomic E-state index is -0.385. The Morgan fingerprint density at radius 3 is 2.67 bits per heavy atom. The van der Waals surface area contributed by atoms with Crippen molar-refractivity contribution in [1.82, 2.24) is 10.2 Å². The number of nitrogens with two attached hydrogens (primary N) is 1. The Morgan fingerprint density at radius 1 is 1.47 bits per heavy atom. The van der Waals surface area contributed by atoms with Crippen molar-refractivity contribution in [2.45, 2.75) is 13.8 Å².